The van der Waals surface area contributed by atoms with E-state index in [2.05, 4.69) is 6.58 Å². The van der Waals surface area contributed by atoms with Crippen LogP contribution in [-0.4, -0.2) is 12.4 Å². The van der Waals surface area contributed by atoms with Crippen molar-refractivity contribution in [3.63, 3.8) is 0 Å². The van der Waals surface area contributed by atoms with Crippen LogP contribution < -0.4 is 0 Å². The number of ether oxygens (including phenoxy) is 1. The SMILES string of the molecule is C=C(COCc1ccccc1)CC(C)C(=O)c1ccccc1. The molecule has 0 bridgehead atoms. The van der Waals surface area contributed by atoms with Crippen LogP contribution in [0.25, 0.3) is 0 Å². The van der Waals surface area contributed by atoms with Crippen LogP contribution in [0.1, 0.15) is 29.3 Å². The fourth-order valence-corrected chi connectivity index (χ4v) is 2.36. The van der Waals surface area contributed by atoms with Crippen molar-refractivity contribution in [1.29, 1.82) is 0 Å². The Morgan fingerprint density at radius 2 is 1.64 bits per heavy atom. The van der Waals surface area contributed by atoms with Gasteiger partial charge in [0.25, 0.3) is 0 Å². The first kappa shape index (κ1) is 16.2. The summed E-state index contributed by atoms with van der Waals surface area (Å²) in [7, 11) is 0. The molecule has 0 aliphatic carbocycles. The smallest absolute Gasteiger partial charge is 0.165 e. The molecule has 1 atom stereocenters. The third-order valence-corrected chi connectivity index (χ3v) is 3.52. The molecule has 0 heterocycles. The van der Waals surface area contributed by atoms with Crippen molar-refractivity contribution in [2.45, 2.75) is 20.0 Å². The van der Waals surface area contributed by atoms with Crippen molar-refractivity contribution < 1.29 is 9.53 Å². The second kappa shape index (κ2) is 8.30. The van der Waals surface area contributed by atoms with Gasteiger partial charge < -0.3 is 4.74 Å². The van der Waals surface area contributed by atoms with Crippen molar-refractivity contribution in [2.24, 2.45) is 5.92 Å². The zero-order chi connectivity index (χ0) is 15.8. The van der Waals surface area contributed by atoms with E-state index in [1.807, 2.05) is 67.6 Å². The van der Waals surface area contributed by atoms with Crippen LogP contribution in [-0.2, 0) is 11.3 Å². The Kier molecular flexibility index (Phi) is 6.11. The van der Waals surface area contributed by atoms with Gasteiger partial charge in [0, 0.05) is 11.5 Å². The Bertz CT molecular complexity index is 602. The average molecular weight is 294 g/mol. The van der Waals surface area contributed by atoms with Gasteiger partial charge in [-0.2, -0.15) is 0 Å². The van der Waals surface area contributed by atoms with Crippen LogP contribution in [0, 0.1) is 5.92 Å². The fourth-order valence-electron chi connectivity index (χ4n) is 2.36. The summed E-state index contributed by atoms with van der Waals surface area (Å²) < 4.78 is 5.66. The maximum absolute atomic E-state index is 12.3. The Labute approximate surface area is 132 Å². The number of hydrogen-bond donors (Lipinski definition) is 0. The van der Waals surface area contributed by atoms with Crippen LogP contribution in [0.3, 0.4) is 0 Å². The summed E-state index contributed by atoms with van der Waals surface area (Å²) in [6.45, 7) is 7.02. The molecule has 0 amide bonds. The number of ketones is 1. The van der Waals surface area contributed by atoms with E-state index in [1.165, 1.54) is 0 Å². The van der Waals surface area contributed by atoms with Gasteiger partial charge in [-0.1, -0.05) is 79.7 Å². The van der Waals surface area contributed by atoms with Crippen LogP contribution in [0.5, 0.6) is 0 Å². The van der Waals surface area contributed by atoms with Gasteiger partial charge in [0.15, 0.2) is 5.78 Å². The lowest BCUT2D eigenvalue weighted by Gasteiger charge is -2.13. The molecule has 0 aliphatic heterocycles. The summed E-state index contributed by atoms with van der Waals surface area (Å²) in [6.07, 6.45) is 0.655. The largest absolute Gasteiger partial charge is 0.372 e. The first-order chi connectivity index (χ1) is 10.7. The molecule has 0 saturated heterocycles. The molecular formula is C20H22O2. The highest BCUT2D eigenvalue weighted by Gasteiger charge is 2.15. The number of hydrogen-bond acceptors (Lipinski definition) is 2. The molecule has 2 aromatic rings. The summed E-state index contributed by atoms with van der Waals surface area (Å²) in [5.41, 5.74) is 2.85. The molecule has 0 fully saturated rings. The molecular weight excluding hydrogens is 272 g/mol. The van der Waals surface area contributed by atoms with E-state index < -0.39 is 0 Å². The molecule has 0 spiro atoms. The second-order valence-electron chi connectivity index (χ2n) is 5.56. The molecule has 0 aliphatic rings. The first-order valence-corrected chi connectivity index (χ1v) is 7.54. The molecule has 2 aromatic carbocycles. The minimum absolute atomic E-state index is 0.0739. The maximum atomic E-state index is 12.3. The minimum atomic E-state index is -0.0739. The molecule has 2 rings (SSSR count). The minimum Gasteiger partial charge on any atom is -0.372 e. The molecule has 0 saturated carbocycles. The van der Waals surface area contributed by atoms with Crippen LogP contribution >= 0.6 is 0 Å². The van der Waals surface area contributed by atoms with Gasteiger partial charge in [-0.3, -0.25) is 4.79 Å². The van der Waals surface area contributed by atoms with E-state index in [0.29, 0.717) is 19.6 Å². The number of benzene rings is 2. The second-order valence-corrected chi connectivity index (χ2v) is 5.56. The third-order valence-electron chi connectivity index (χ3n) is 3.52. The van der Waals surface area contributed by atoms with Gasteiger partial charge >= 0.3 is 0 Å². The van der Waals surface area contributed by atoms with Gasteiger partial charge in [0.1, 0.15) is 0 Å². The fraction of sp³-hybridized carbons (Fsp3) is 0.250. The van der Waals surface area contributed by atoms with Crippen molar-refractivity contribution >= 4 is 5.78 Å². The summed E-state index contributed by atoms with van der Waals surface area (Å²) in [5.74, 6) is 0.0834. The van der Waals surface area contributed by atoms with Crippen molar-refractivity contribution in [3.05, 3.63) is 83.9 Å². The maximum Gasteiger partial charge on any atom is 0.165 e. The lowest BCUT2D eigenvalue weighted by Crippen LogP contribution is -2.13. The zero-order valence-corrected chi connectivity index (χ0v) is 13.0. The van der Waals surface area contributed by atoms with Gasteiger partial charge in [-0.25, -0.2) is 0 Å². The molecule has 0 radical (unpaired) electrons. The number of carbonyl (C=O) groups is 1. The molecule has 114 valence electrons. The summed E-state index contributed by atoms with van der Waals surface area (Å²) in [6, 6.07) is 19.4. The van der Waals surface area contributed by atoms with Crippen molar-refractivity contribution in [2.75, 3.05) is 6.61 Å². The van der Waals surface area contributed by atoms with E-state index in [0.717, 1.165) is 16.7 Å². The van der Waals surface area contributed by atoms with E-state index in [1.54, 1.807) is 0 Å². The van der Waals surface area contributed by atoms with Gasteiger partial charge in [0.05, 0.1) is 13.2 Å². The molecule has 1 unspecified atom stereocenters. The Morgan fingerprint density at radius 1 is 1.05 bits per heavy atom. The predicted octanol–water partition coefficient (Wildman–Crippen LogP) is 4.67. The third kappa shape index (κ3) is 4.97. The van der Waals surface area contributed by atoms with Crippen molar-refractivity contribution in [3.8, 4) is 0 Å². The van der Waals surface area contributed by atoms with E-state index in [4.69, 9.17) is 4.74 Å². The molecule has 2 heteroatoms. The Balaban J connectivity index is 1.76. The van der Waals surface area contributed by atoms with Gasteiger partial charge in [0.2, 0.25) is 0 Å². The van der Waals surface area contributed by atoms with Crippen LogP contribution in [0.15, 0.2) is 72.8 Å². The van der Waals surface area contributed by atoms with Gasteiger partial charge in [-0.05, 0) is 12.0 Å². The topological polar surface area (TPSA) is 26.3 Å². The van der Waals surface area contributed by atoms with Crippen LogP contribution in [0.4, 0.5) is 0 Å². The normalized spacial score (nSPS) is 11.9. The van der Waals surface area contributed by atoms with Crippen LogP contribution in [0.2, 0.25) is 0 Å². The highest BCUT2D eigenvalue weighted by molar-refractivity contribution is 5.97. The molecule has 0 N–H and O–H groups in total. The van der Waals surface area contributed by atoms with E-state index >= 15 is 0 Å². The predicted molar refractivity (Wildman–Crippen MR) is 89.8 cm³/mol. The summed E-state index contributed by atoms with van der Waals surface area (Å²) >= 11 is 0. The quantitative estimate of drug-likeness (QED) is 0.522. The van der Waals surface area contributed by atoms with Crippen molar-refractivity contribution in [1.82, 2.24) is 0 Å². The van der Waals surface area contributed by atoms with E-state index in [9.17, 15) is 4.79 Å². The zero-order valence-electron chi connectivity index (χ0n) is 13.0. The lowest BCUT2D eigenvalue weighted by molar-refractivity contribution is 0.0922. The highest BCUT2D eigenvalue weighted by Crippen LogP contribution is 2.16. The molecule has 22 heavy (non-hydrogen) atoms. The monoisotopic (exact) mass is 294 g/mol. The average Bonchev–Trinajstić information content (AvgIpc) is 2.56. The summed E-state index contributed by atoms with van der Waals surface area (Å²) in [5, 5.41) is 0. The number of rotatable bonds is 8. The molecule has 2 nitrogen and oxygen atoms in total. The summed E-state index contributed by atoms with van der Waals surface area (Å²) in [4.78, 5) is 12.3. The Hall–Kier alpha value is -2.19. The number of carbonyl (C=O) groups excluding carboxylic acids is 1. The lowest BCUT2D eigenvalue weighted by atomic mass is 9.93. The number of Topliss-reactive ketones (excluding diaryl/α,β-unsaturated/α-hetero) is 1. The highest BCUT2D eigenvalue weighted by atomic mass is 16.5. The standard InChI is InChI=1S/C20H22O2/c1-16(14-22-15-18-9-5-3-6-10-18)13-17(2)20(21)19-11-7-4-8-12-19/h3-12,17H,1,13-15H2,2H3. The molecule has 0 aromatic heterocycles. The van der Waals surface area contributed by atoms with E-state index in [-0.39, 0.29) is 11.7 Å². The first-order valence-electron chi connectivity index (χ1n) is 7.54. The van der Waals surface area contributed by atoms with Gasteiger partial charge in [-0.15, -0.1) is 0 Å². The Morgan fingerprint density at radius 3 is 2.27 bits per heavy atom.